The number of aromatic nitrogens is 2. The molecule has 2 aromatic rings. The highest BCUT2D eigenvalue weighted by Crippen LogP contribution is 2.39. The van der Waals surface area contributed by atoms with Gasteiger partial charge in [0.2, 0.25) is 0 Å². The molecule has 2 aliphatic rings. The largest absolute Gasteiger partial charge is 0.370 e. The zero-order valence-electron chi connectivity index (χ0n) is 14.9. The van der Waals surface area contributed by atoms with Gasteiger partial charge in [-0.1, -0.05) is 13.0 Å². The van der Waals surface area contributed by atoms with Crippen LogP contribution in [0.1, 0.15) is 29.6 Å². The topological polar surface area (TPSA) is 51.5 Å². The number of quaternary nitrogens is 1. The molecule has 0 saturated carbocycles. The molecule has 25 heavy (non-hydrogen) atoms. The van der Waals surface area contributed by atoms with E-state index in [9.17, 15) is 0 Å². The molecule has 0 unspecified atom stereocenters. The Morgan fingerprint density at radius 1 is 1.36 bits per heavy atom. The number of anilines is 1. The Kier molecular flexibility index (Phi) is 5.01. The number of aryl methyl sites for hydroxylation is 1. The van der Waals surface area contributed by atoms with Gasteiger partial charge in [0.25, 0.3) is 0 Å². The number of ether oxygens (including phenoxy) is 1. The summed E-state index contributed by atoms with van der Waals surface area (Å²) in [5.41, 5.74) is 1.48. The predicted molar refractivity (Wildman–Crippen MR) is 103 cm³/mol. The maximum absolute atomic E-state index is 5.47. The van der Waals surface area contributed by atoms with Gasteiger partial charge in [-0.2, -0.15) is 0 Å². The van der Waals surface area contributed by atoms with E-state index in [4.69, 9.17) is 14.7 Å². The zero-order valence-corrected chi connectivity index (χ0v) is 15.8. The molecule has 0 aromatic carbocycles. The van der Waals surface area contributed by atoms with E-state index in [1.165, 1.54) is 33.6 Å². The normalized spacial score (nSPS) is 21.2. The van der Waals surface area contributed by atoms with Gasteiger partial charge in [-0.3, -0.25) is 0 Å². The fourth-order valence-corrected chi connectivity index (χ4v) is 5.22. The highest BCUT2D eigenvalue weighted by Gasteiger charge is 2.25. The lowest BCUT2D eigenvalue weighted by Gasteiger charge is -2.23. The number of hydrogen-bond acceptors (Lipinski definition) is 5. The minimum absolute atomic E-state index is 0.733. The van der Waals surface area contributed by atoms with Crippen LogP contribution in [-0.4, -0.2) is 42.8 Å². The van der Waals surface area contributed by atoms with Crippen LogP contribution in [0.2, 0.25) is 0 Å². The van der Waals surface area contributed by atoms with Crippen molar-refractivity contribution in [3.05, 3.63) is 28.9 Å². The minimum atomic E-state index is 0.733. The first-order chi connectivity index (χ1) is 12.2. The summed E-state index contributed by atoms with van der Waals surface area (Å²) in [6, 6.07) is 0. The third kappa shape index (κ3) is 3.57. The highest BCUT2D eigenvalue weighted by molar-refractivity contribution is 7.19. The molecular weight excluding hydrogens is 332 g/mol. The summed E-state index contributed by atoms with van der Waals surface area (Å²) in [7, 11) is 0. The molecule has 2 aromatic heterocycles. The van der Waals surface area contributed by atoms with Gasteiger partial charge in [-0.25, -0.2) is 9.97 Å². The summed E-state index contributed by atoms with van der Waals surface area (Å²) in [5.74, 6) is 2.72. The fourth-order valence-electron chi connectivity index (χ4n) is 3.82. The van der Waals surface area contributed by atoms with Crippen molar-refractivity contribution in [2.45, 2.75) is 32.7 Å². The lowest BCUT2D eigenvalue weighted by Crippen LogP contribution is -3.12. The number of nitrogens with one attached hydrogen (secondary N) is 2. The van der Waals surface area contributed by atoms with Gasteiger partial charge in [0, 0.05) is 11.4 Å². The first-order valence-electron chi connectivity index (χ1n) is 9.32. The highest BCUT2D eigenvalue weighted by atomic mass is 32.1. The number of thiophene rings is 1. The van der Waals surface area contributed by atoms with E-state index in [1.807, 2.05) is 17.4 Å². The predicted octanol–water partition coefficient (Wildman–Crippen LogP) is 1.83. The average molecular weight is 360 g/mol. The number of morpholine rings is 1. The molecule has 0 spiro atoms. The molecule has 1 aliphatic heterocycles. The van der Waals surface area contributed by atoms with Crippen molar-refractivity contribution in [2.24, 2.45) is 5.92 Å². The smallest absolute Gasteiger partial charge is 0.187 e. The second-order valence-electron chi connectivity index (χ2n) is 7.23. The molecule has 0 bridgehead atoms. The van der Waals surface area contributed by atoms with Gasteiger partial charge in [0.05, 0.1) is 18.6 Å². The fraction of sp³-hybridized carbons (Fsp3) is 0.579. The van der Waals surface area contributed by atoms with E-state index < -0.39 is 0 Å². The first-order valence-corrected chi connectivity index (χ1v) is 10.1. The van der Waals surface area contributed by atoms with E-state index in [0.29, 0.717) is 0 Å². The minimum Gasteiger partial charge on any atom is -0.370 e. The molecule has 3 heterocycles. The Morgan fingerprint density at radius 3 is 3.00 bits per heavy atom. The second-order valence-corrected chi connectivity index (χ2v) is 8.31. The van der Waals surface area contributed by atoms with Crippen molar-refractivity contribution in [1.29, 1.82) is 0 Å². The number of nitrogens with zero attached hydrogens (tertiary/aromatic N) is 2. The lowest BCUT2D eigenvalue weighted by molar-refractivity contribution is -0.922. The number of rotatable bonds is 5. The molecule has 1 aliphatic carbocycles. The molecule has 4 rings (SSSR count). The Morgan fingerprint density at radius 2 is 2.20 bits per heavy atom. The van der Waals surface area contributed by atoms with Gasteiger partial charge in [0.1, 0.15) is 30.3 Å². The molecule has 134 valence electrons. The Balaban J connectivity index is 1.71. The molecule has 1 fully saturated rings. The molecule has 1 saturated heterocycles. The summed E-state index contributed by atoms with van der Waals surface area (Å²) in [6.07, 6.45) is 5.49. The van der Waals surface area contributed by atoms with Crippen LogP contribution in [-0.2, 0) is 24.1 Å². The van der Waals surface area contributed by atoms with Crippen molar-refractivity contribution >= 4 is 27.4 Å². The van der Waals surface area contributed by atoms with Crippen molar-refractivity contribution in [2.75, 3.05) is 38.2 Å². The maximum Gasteiger partial charge on any atom is 0.187 e. The first kappa shape index (κ1) is 16.9. The molecule has 2 N–H and O–H groups in total. The Labute approximate surface area is 153 Å². The summed E-state index contributed by atoms with van der Waals surface area (Å²) < 4.78 is 5.47. The van der Waals surface area contributed by atoms with E-state index in [-0.39, 0.29) is 0 Å². The Bertz CT molecular complexity index is 766. The molecule has 6 heteroatoms. The van der Waals surface area contributed by atoms with E-state index in [2.05, 4.69) is 18.8 Å². The zero-order chi connectivity index (χ0) is 17.2. The van der Waals surface area contributed by atoms with Crippen molar-refractivity contribution in [3.8, 4) is 0 Å². The number of fused-ring (bicyclic) bond motifs is 3. The van der Waals surface area contributed by atoms with Crippen LogP contribution >= 0.6 is 11.3 Å². The van der Waals surface area contributed by atoms with Crippen LogP contribution in [0, 0.1) is 5.92 Å². The molecular formula is C19H27N4OS+. The quantitative estimate of drug-likeness (QED) is 0.800. The summed E-state index contributed by atoms with van der Waals surface area (Å²) in [4.78, 5) is 14.0. The van der Waals surface area contributed by atoms with E-state index in [1.54, 1.807) is 0 Å². The van der Waals surface area contributed by atoms with Gasteiger partial charge >= 0.3 is 0 Å². The van der Waals surface area contributed by atoms with Crippen molar-refractivity contribution in [3.63, 3.8) is 0 Å². The SMILES string of the molecule is C=CCNc1nc(C[NH+]2CCOCC2)nc2sc3c(c12)CC[C@@H](C)C3. The molecule has 1 atom stereocenters. The van der Waals surface area contributed by atoms with Gasteiger partial charge in [-0.05, 0) is 30.7 Å². The summed E-state index contributed by atoms with van der Waals surface area (Å²) in [5, 5.41) is 4.72. The molecule has 0 radical (unpaired) electrons. The van der Waals surface area contributed by atoms with E-state index >= 15 is 0 Å². The standard InChI is InChI=1S/C19H26N4OS/c1-3-6-20-18-17-14-5-4-13(2)11-15(14)25-19(17)22-16(21-18)12-23-7-9-24-10-8-23/h3,13H,1,4-12H2,2H3,(H,20,21,22)/p+1/t13-/m1/s1. The van der Waals surface area contributed by atoms with Gasteiger partial charge in [0.15, 0.2) is 5.82 Å². The van der Waals surface area contributed by atoms with Crippen LogP contribution in [0.15, 0.2) is 12.7 Å². The van der Waals surface area contributed by atoms with Gasteiger partial charge in [-0.15, -0.1) is 17.9 Å². The summed E-state index contributed by atoms with van der Waals surface area (Å²) in [6.45, 7) is 11.5. The monoisotopic (exact) mass is 359 g/mol. The van der Waals surface area contributed by atoms with Crippen LogP contribution in [0.3, 0.4) is 0 Å². The van der Waals surface area contributed by atoms with Crippen LogP contribution in [0.5, 0.6) is 0 Å². The van der Waals surface area contributed by atoms with Crippen molar-refractivity contribution < 1.29 is 9.64 Å². The maximum atomic E-state index is 5.47. The van der Waals surface area contributed by atoms with Crippen LogP contribution in [0.4, 0.5) is 5.82 Å². The van der Waals surface area contributed by atoms with Crippen LogP contribution < -0.4 is 10.2 Å². The Hall–Kier alpha value is -1.50. The third-order valence-electron chi connectivity index (χ3n) is 5.22. The van der Waals surface area contributed by atoms with Gasteiger partial charge < -0.3 is 15.0 Å². The second kappa shape index (κ2) is 7.40. The third-order valence-corrected chi connectivity index (χ3v) is 6.37. The van der Waals surface area contributed by atoms with E-state index in [0.717, 1.165) is 68.2 Å². The molecule has 0 amide bonds. The lowest BCUT2D eigenvalue weighted by atomic mass is 9.89. The van der Waals surface area contributed by atoms with Crippen LogP contribution in [0.25, 0.3) is 10.2 Å². The average Bonchev–Trinajstić information content (AvgIpc) is 2.97. The summed E-state index contributed by atoms with van der Waals surface area (Å²) >= 11 is 1.88. The number of hydrogen-bond donors (Lipinski definition) is 2. The molecule has 5 nitrogen and oxygen atoms in total. The van der Waals surface area contributed by atoms with Crippen molar-refractivity contribution in [1.82, 2.24) is 9.97 Å².